The number of nitrogens with zero attached hydrogens (tertiary/aromatic N) is 2. The molecular weight excluding hydrogens is 265 g/mol. The van der Waals surface area contributed by atoms with Crippen LogP contribution in [0.4, 0.5) is 13.2 Å². The zero-order valence-corrected chi connectivity index (χ0v) is 10.5. The first-order valence-corrected chi connectivity index (χ1v) is 6.07. The molecule has 0 spiro atoms. The molecule has 0 saturated heterocycles. The minimum absolute atomic E-state index is 0.148. The molecule has 98 valence electrons. The van der Waals surface area contributed by atoms with Gasteiger partial charge in [-0.2, -0.15) is 29.6 Å². The van der Waals surface area contributed by atoms with Gasteiger partial charge in [0.05, 0.1) is 11.3 Å². The summed E-state index contributed by atoms with van der Waals surface area (Å²) in [6.07, 6.45) is -5.81. The maximum absolute atomic E-state index is 12.7. The number of aliphatic hydroxyl groups excluding tert-OH is 1. The second-order valence-electron chi connectivity index (χ2n) is 3.98. The van der Waals surface area contributed by atoms with E-state index in [0.29, 0.717) is 0 Å². The van der Waals surface area contributed by atoms with E-state index < -0.39 is 17.8 Å². The summed E-state index contributed by atoms with van der Waals surface area (Å²) in [6.45, 7) is 1.77. The summed E-state index contributed by atoms with van der Waals surface area (Å²) in [5.74, 6) is 0. The Hall–Kier alpha value is -1.34. The first kappa shape index (κ1) is 13.1. The van der Waals surface area contributed by atoms with Crippen LogP contribution in [0, 0.1) is 6.92 Å². The minimum Gasteiger partial charge on any atom is -0.382 e. The molecule has 7 heteroatoms. The highest BCUT2D eigenvalue weighted by molar-refractivity contribution is 7.08. The van der Waals surface area contributed by atoms with Gasteiger partial charge in [-0.25, -0.2) is 0 Å². The summed E-state index contributed by atoms with van der Waals surface area (Å²) in [6, 6.07) is 1.57. The molecule has 2 heterocycles. The summed E-state index contributed by atoms with van der Waals surface area (Å²) >= 11 is 0.912. The van der Waals surface area contributed by atoms with E-state index in [-0.39, 0.29) is 11.3 Å². The number of hydrogen-bond acceptors (Lipinski definition) is 3. The monoisotopic (exact) mass is 276 g/mol. The van der Waals surface area contributed by atoms with Crippen LogP contribution >= 0.6 is 11.3 Å². The van der Waals surface area contributed by atoms with E-state index in [9.17, 15) is 18.3 Å². The van der Waals surface area contributed by atoms with Crippen molar-refractivity contribution in [2.45, 2.75) is 19.2 Å². The molecule has 0 aliphatic carbocycles. The fourth-order valence-electron chi connectivity index (χ4n) is 1.63. The van der Waals surface area contributed by atoms with Gasteiger partial charge in [-0.3, -0.25) is 4.68 Å². The molecule has 2 aromatic rings. The van der Waals surface area contributed by atoms with E-state index in [4.69, 9.17) is 0 Å². The Morgan fingerprint density at radius 1 is 1.39 bits per heavy atom. The lowest BCUT2D eigenvalue weighted by Gasteiger charge is -2.11. The second-order valence-corrected chi connectivity index (χ2v) is 4.72. The molecule has 0 amide bonds. The van der Waals surface area contributed by atoms with E-state index >= 15 is 0 Å². The highest BCUT2D eigenvalue weighted by atomic mass is 32.1. The molecule has 18 heavy (non-hydrogen) atoms. The Balaban J connectivity index is 2.40. The Kier molecular flexibility index (Phi) is 3.20. The Labute approximate surface area is 105 Å². The smallest absolute Gasteiger partial charge is 0.382 e. The van der Waals surface area contributed by atoms with Crippen molar-refractivity contribution in [1.82, 2.24) is 9.78 Å². The zero-order chi connectivity index (χ0) is 13.5. The van der Waals surface area contributed by atoms with Gasteiger partial charge >= 0.3 is 6.18 Å². The van der Waals surface area contributed by atoms with E-state index in [0.717, 1.165) is 22.4 Å². The van der Waals surface area contributed by atoms with Crippen LogP contribution in [-0.2, 0) is 13.2 Å². The molecule has 1 N–H and O–H groups in total. The fourth-order valence-corrected chi connectivity index (χ4v) is 2.51. The standard InChI is InChI=1S/C11H11F3N2OS/c1-6-3-9(15-16(6)2)10(17)7-4-18-5-8(7)11(12,13)14/h3-5,10,17H,1-2H3. The van der Waals surface area contributed by atoms with Crippen molar-refractivity contribution < 1.29 is 18.3 Å². The van der Waals surface area contributed by atoms with Crippen LogP contribution in [0.3, 0.4) is 0 Å². The number of hydrogen-bond donors (Lipinski definition) is 1. The molecular formula is C11H11F3N2OS. The van der Waals surface area contributed by atoms with Crippen molar-refractivity contribution in [2.24, 2.45) is 7.05 Å². The average Bonchev–Trinajstić information content (AvgIpc) is 2.84. The van der Waals surface area contributed by atoms with Gasteiger partial charge in [0.1, 0.15) is 6.10 Å². The molecule has 0 aliphatic rings. The number of aliphatic hydroxyl groups is 1. The number of rotatable bonds is 2. The van der Waals surface area contributed by atoms with Gasteiger partial charge in [-0.05, 0) is 18.4 Å². The SMILES string of the molecule is Cc1cc(C(O)c2cscc2C(F)(F)F)nn1C. The molecule has 3 nitrogen and oxygen atoms in total. The molecule has 0 aliphatic heterocycles. The van der Waals surface area contributed by atoms with Crippen LogP contribution in [0.2, 0.25) is 0 Å². The van der Waals surface area contributed by atoms with Crippen molar-refractivity contribution in [1.29, 1.82) is 0 Å². The minimum atomic E-state index is -4.46. The summed E-state index contributed by atoms with van der Waals surface area (Å²) in [7, 11) is 1.67. The molecule has 1 atom stereocenters. The van der Waals surface area contributed by atoms with Gasteiger partial charge in [0.2, 0.25) is 0 Å². The normalized spacial score (nSPS) is 13.9. The lowest BCUT2D eigenvalue weighted by Crippen LogP contribution is -2.10. The lowest BCUT2D eigenvalue weighted by atomic mass is 10.1. The number of thiophene rings is 1. The average molecular weight is 276 g/mol. The van der Waals surface area contributed by atoms with E-state index in [1.165, 1.54) is 10.1 Å². The third kappa shape index (κ3) is 2.28. The van der Waals surface area contributed by atoms with Crippen LogP contribution in [0.1, 0.15) is 28.6 Å². The van der Waals surface area contributed by atoms with E-state index in [2.05, 4.69) is 5.10 Å². The molecule has 2 aromatic heterocycles. The molecule has 0 aromatic carbocycles. The molecule has 0 saturated carbocycles. The third-order valence-electron chi connectivity index (χ3n) is 2.70. The molecule has 0 bridgehead atoms. The highest BCUT2D eigenvalue weighted by Crippen LogP contribution is 2.38. The maximum Gasteiger partial charge on any atom is 0.417 e. The van der Waals surface area contributed by atoms with Gasteiger partial charge in [0.15, 0.2) is 0 Å². The molecule has 0 fully saturated rings. The molecule has 1 unspecified atom stereocenters. The molecule has 0 radical (unpaired) electrons. The van der Waals surface area contributed by atoms with Gasteiger partial charge in [0.25, 0.3) is 0 Å². The van der Waals surface area contributed by atoms with Crippen LogP contribution < -0.4 is 0 Å². The fraction of sp³-hybridized carbons (Fsp3) is 0.364. The lowest BCUT2D eigenvalue weighted by molar-refractivity contribution is -0.138. The molecule has 2 rings (SSSR count). The van der Waals surface area contributed by atoms with E-state index in [1.54, 1.807) is 20.0 Å². The maximum atomic E-state index is 12.7. The second kappa shape index (κ2) is 4.40. The van der Waals surface area contributed by atoms with Crippen molar-refractivity contribution >= 4 is 11.3 Å². The van der Waals surface area contributed by atoms with Crippen LogP contribution in [-0.4, -0.2) is 14.9 Å². The summed E-state index contributed by atoms with van der Waals surface area (Å²) in [4.78, 5) is 0. The van der Waals surface area contributed by atoms with Crippen LogP contribution in [0.5, 0.6) is 0 Å². The van der Waals surface area contributed by atoms with Gasteiger partial charge < -0.3 is 5.11 Å². The first-order valence-electron chi connectivity index (χ1n) is 5.12. The number of aryl methyl sites for hydroxylation is 2. The number of alkyl halides is 3. The van der Waals surface area contributed by atoms with Crippen molar-refractivity contribution in [3.63, 3.8) is 0 Å². The van der Waals surface area contributed by atoms with Crippen LogP contribution in [0.15, 0.2) is 16.8 Å². The highest BCUT2D eigenvalue weighted by Gasteiger charge is 2.36. The number of aromatic nitrogens is 2. The van der Waals surface area contributed by atoms with Crippen molar-refractivity contribution in [3.05, 3.63) is 39.3 Å². The Morgan fingerprint density at radius 2 is 2.06 bits per heavy atom. The third-order valence-corrected chi connectivity index (χ3v) is 3.47. The Morgan fingerprint density at radius 3 is 2.56 bits per heavy atom. The Bertz CT molecular complexity index is 539. The number of halogens is 3. The summed E-state index contributed by atoms with van der Waals surface area (Å²) < 4.78 is 39.6. The van der Waals surface area contributed by atoms with Gasteiger partial charge in [-0.15, -0.1) is 0 Å². The zero-order valence-electron chi connectivity index (χ0n) is 9.69. The largest absolute Gasteiger partial charge is 0.417 e. The first-order chi connectivity index (χ1) is 8.30. The van der Waals surface area contributed by atoms with Crippen molar-refractivity contribution in [2.75, 3.05) is 0 Å². The quantitative estimate of drug-likeness (QED) is 0.916. The van der Waals surface area contributed by atoms with Gasteiger partial charge in [-0.1, -0.05) is 0 Å². The van der Waals surface area contributed by atoms with E-state index in [1.807, 2.05) is 0 Å². The topological polar surface area (TPSA) is 38.1 Å². The predicted octanol–water partition coefficient (Wildman–Crippen LogP) is 2.89. The predicted molar refractivity (Wildman–Crippen MR) is 61.3 cm³/mol. The van der Waals surface area contributed by atoms with Crippen LogP contribution in [0.25, 0.3) is 0 Å². The summed E-state index contributed by atoms with van der Waals surface area (Å²) in [5.41, 5.74) is 0.0423. The summed E-state index contributed by atoms with van der Waals surface area (Å²) in [5, 5.41) is 16.3. The van der Waals surface area contributed by atoms with Crippen molar-refractivity contribution in [3.8, 4) is 0 Å². The van der Waals surface area contributed by atoms with Gasteiger partial charge in [0, 0.05) is 23.7 Å².